The van der Waals surface area contributed by atoms with Gasteiger partial charge in [0.1, 0.15) is 11.4 Å². The molecule has 1 aromatic carbocycles. The Bertz CT molecular complexity index is 458. The maximum Gasteiger partial charge on any atom is 0.190 e. The van der Waals surface area contributed by atoms with Crippen LogP contribution < -0.4 is 5.32 Å². The Hall–Kier alpha value is -1.77. The van der Waals surface area contributed by atoms with E-state index in [9.17, 15) is 0 Å². The Balaban J connectivity index is 0.000000686. The lowest BCUT2D eigenvalue weighted by molar-refractivity contribution is 0.427. The van der Waals surface area contributed by atoms with Gasteiger partial charge < -0.3 is 9.84 Å². The first kappa shape index (κ1) is 13.3. The van der Waals surface area contributed by atoms with Gasteiger partial charge in [0, 0.05) is 12.6 Å². The number of benzene rings is 1. The van der Waals surface area contributed by atoms with E-state index in [1.54, 1.807) is 0 Å². The van der Waals surface area contributed by atoms with Crippen molar-refractivity contribution in [3.05, 3.63) is 35.5 Å². The molecule has 0 aliphatic rings. The predicted octanol–water partition coefficient (Wildman–Crippen LogP) is 4.03. The van der Waals surface area contributed by atoms with Gasteiger partial charge >= 0.3 is 0 Å². The number of aryl methyl sites for hydroxylation is 2. The van der Waals surface area contributed by atoms with E-state index in [-0.39, 0.29) is 0 Å². The minimum absolute atomic E-state index is 0.801. The summed E-state index contributed by atoms with van der Waals surface area (Å²) in [6.45, 7) is 7.99. The molecule has 0 atom stereocenters. The SMILES string of the molecule is CC.CNc1c(C)noc1-c1ccc(C)cc1. The second kappa shape index (κ2) is 6.09. The molecule has 1 heterocycles. The third-order valence-corrected chi connectivity index (χ3v) is 2.43. The monoisotopic (exact) mass is 232 g/mol. The van der Waals surface area contributed by atoms with Gasteiger partial charge in [0.15, 0.2) is 5.76 Å². The maximum atomic E-state index is 5.30. The van der Waals surface area contributed by atoms with Crippen LogP contribution in [0.1, 0.15) is 25.1 Å². The highest BCUT2D eigenvalue weighted by atomic mass is 16.5. The van der Waals surface area contributed by atoms with Gasteiger partial charge in [-0.15, -0.1) is 0 Å². The van der Waals surface area contributed by atoms with Gasteiger partial charge in [-0.25, -0.2) is 0 Å². The third-order valence-electron chi connectivity index (χ3n) is 2.43. The molecule has 92 valence electrons. The molecular weight excluding hydrogens is 212 g/mol. The van der Waals surface area contributed by atoms with Crippen molar-refractivity contribution in [2.75, 3.05) is 12.4 Å². The molecule has 0 bridgehead atoms. The Labute approximate surface area is 103 Å². The van der Waals surface area contributed by atoms with E-state index in [0.717, 1.165) is 22.7 Å². The van der Waals surface area contributed by atoms with Crippen molar-refractivity contribution in [1.82, 2.24) is 5.16 Å². The van der Waals surface area contributed by atoms with Crippen molar-refractivity contribution < 1.29 is 4.52 Å². The van der Waals surface area contributed by atoms with Crippen LogP contribution in [0.4, 0.5) is 5.69 Å². The lowest BCUT2D eigenvalue weighted by Gasteiger charge is -2.01. The van der Waals surface area contributed by atoms with Gasteiger partial charge in [-0.2, -0.15) is 0 Å². The molecule has 0 aliphatic heterocycles. The molecule has 1 aromatic heterocycles. The zero-order chi connectivity index (χ0) is 12.8. The molecule has 0 aliphatic carbocycles. The summed E-state index contributed by atoms with van der Waals surface area (Å²) in [6, 6.07) is 8.20. The fourth-order valence-electron chi connectivity index (χ4n) is 1.57. The van der Waals surface area contributed by atoms with E-state index in [1.165, 1.54) is 5.56 Å². The number of aromatic nitrogens is 1. The molecule has 0 saturated heterocycles. The van der Waals surface area contributed by atoms with Crippen LogP contribution in [0, 0.1) is 13.8 Å². The Kier molecular flexibility index (Phi) is 4.76. The molecule has 0 spiro atoms. The lowest BCUT2D eigenvalue weighted by Crippen LogP contribution is -1.90. The predicted molar refractivity (Wildman–Crippen MR) is 72.3 cm³/mol. The van der Waals surface area contributed by atoms with E-state index in [4.69, 9.17) is 4.52 Å². The van der Waals surface area contributed by atoms with Crippen molar-refractivity contribution in [2.45, 2.75) is 27.7 Å². The molecule has 0 fully saturated rings. The van der Waals surface area contributed by atoms with Crippen molar-refractivity contribution in [2.24, 2.45) is 0 Å². The van der Waals surface area contributed by atoms with Crippen molar-refractivity contribution >= 4 is 5.69 Å². The Morgan fingerprint density at radius 3 is 2.18 bits per heavy atom. The normalized spacial score (nSPS) is 9.47. The second-order valence-electron chi connectivity index (χ2n) is 3.59. The van der Waals surface area contributed by atoms with Crippen LogP contribution in [0.3, 0.4) is 0 Å². The van der Waals surface area contributed by atoms with Crippen LogP contribution in [0.15, 0.2) is 28.8 Å². The van der Waals surface area contributed by atoms with Gasteiger partial charge in [0.2, 0.25) is 0 Å². The highest BCUT2D eigenvalue weighted by Gasteiger charge is 2.12. The molecule has 17 heavy (non-hydrogen) atoms. The Morgan fingerprint density at radius 2 is 1.65 bits per heavy atom. The van der Waals surface area contributed by atoms with Crippen LogP contribution >= 0.6 is 0 Å². The number of nitrogens with one attached hydrogen (secondary N) is 1. The largest absolute Gasteiger partial charge is 0.383 e. The summed E-state index contributed by atoms with van der Waals surface area (Å²) in [5.74, 6) is 0.801. The first-order valence-corrected chi connectivity index (χ1v) is 5.93. The number of anilines is 1. The lowest BCUT2D eigenvalue weighted by atomic mass is 10.1. The van der Waals surface area contributed by atoms with Crippen LogP contribution in [-0.4, -0.2) is 12.2 Å². The molecule has 1 N–H and O–H groups in total. The molecule has 0 amide bonds. The van der Waals surface area contributed by atoms with Crippen molar-refractivity contribution in [3.8, 4) is 11.3 Å². The van der Waals surface area contributed by atoms with E-state index < -0.39 is 0 Å². The second-order valence-corrected chi connectivity index (χ2v) is 3.59. The van der Waals surface area contributed by atoms with Gasteiger partial charge in [-0.1, -0.05) is 48.8 Å². The first-order valence-electron chi connectivity index (χ1n) is 5.93. The quantitative estimate of drug-likeness (QED) is 0.849. The smallest absolute Gasteiger partial charge is 0.190 e. The van der Waals surface area contributed by atoms with Crippen LogP contribution in [0.2, 0.25) is 0 Å². The highest BCUT2D eigenvalue weighted by molar-refractivity contribution is 5.74. The molecule has 0 unspecified atom stereocenters. The van der Waals surface area contributed by atoms with Crippen molar-refractivity contribution in [3.63, 3.8) is 0 Å². The van der Waals surface area contributed by atoms with Crippen LogP contribution in [-0.2, 0) is 0 Å². The fraction of sp³-hybridized carbons (Fsp3) is 0.357. The molecule has 3 nitrogen and oxygen atoms in total. The summed E-state index contributed by atoms with van der Waals surface area (Å²) < 4.78 is 5.30. The summed E-state index contributed by atoms with van der Waals surface area (Å²) in [6.07, 6.45) is 0. The van der Waals surface area contributed by atoms with E-state index >= 15 is 0 Å². The van der Waals surface area contributed by atoms with Gasteiger partial charge in [-0.3, -0.25) is 0 Å². The molecule has 0 radical (unpaired) electrons. The Morgan fingerprint density at radius 1 is 1.06 bits per heavy atom. The molecule has 2 rings (SSSR count). The number of hydrogen-bond donors (Lipinski definition) is 1. The number of hydrogen-bond acceptors (Lipinski definition) is 3. The average Bonchev–Trinajstić information content (AvgIpc) is 2.74. The fourth-order valence-corrected chi connectivity index (χ4v) is 1.57. The zero-order valence-corrected chi connectivity index (χ0v) is 11.2. The van der Waals surface area contributed by atoms with Crippen molar-refractivity contribution in [1.29, 1.82) is 0 Å². The summed E-state index contributed by atoms with van der Waals surface area (Å²) in [5.41, 5.74) is 4.12. The molecule has 2 aromatic rings. The third kappa shape index (κ3) is 2.87. The van der Waals surface area contributed by atoms with Crippen LogP contribution in [0.5, 0.6) is 0 Å². The molecular formula is C14H20N2O. The van der Waals surface area contributed by atoms with Gasteiger partial charge in [0.05, 0.1) is 0 Å². The first-order chi connectivity index (χ1) is 8.22. The summed E-state index contributed by atoms with van der Waals surface area (Å²) in [4.78, 5) is 0. The average molecular weight is 232 g/mol. The van der Waals surface area contributed by atoms with E-state index in [1.807, 2.05) is 40.0 Å². The zero-order valence-electron chi connectivity index (χ0n) is 11.2. The van der Waals surface area contributed by atoms with Gasteiger partial charge in [-0.05, 0) is 13.8 Å². The number of rotatable bonds is 2. The number of nitrogens with zero attached hydrogens (tertiary/aromatic N) is 1. The summed E-state index contributed by atoms with van der Waals surface area (Å²) in [7, 11) is 1.87. The minimum atomic E-state index is 0.801. The van der Waals surface area contributed by atoms with Crippen LogP contribution in [0.25, 0.3) is 11.3 Å². The molecule has 0 saturated carbocycles. The highest BCUT2D eigenvalue weighted by Crippen LogP contribution is 2.30. The summed E-state index contributed by atoms with van der Waals surface area (Å²) in [5, 5.41) is 7.05. The topological polar surface area (TPSA) is 38.1 Å². The van der Waals surface area contributed by atoms with E-state index in [2.05, 4.69) is 29.5 Å². The summed E-state index contributed by atoms with van der Waals surface area (Å²) >= 11 is 0. The van der Waals surface area contributed by atoms with E-state index in [0.29, 0.717) is 0 Å². The standard InChI is InChI=1S/C12H14N2O.C2H6/c1-8-4-6-10(7-5-8)12-11(13-3)9(2)14-15-12;1-2/h4-7,13H,1-3H3;1-2H3. The molecule has 3 heteroatoms. The van der Waals surface area contributed by atoms with Gasteiger partial charge in [0.25, 0.3) is 0 Å². The maximum absolute atomic E-state index is 5.30. The minimum Gasteiger partial charge on any atom is -0.383 e.